The number of carbonyl (C=O) groups excluding carboxylic acids is 1. The first-order chi connectivity index (χ1) is 11.7. The maximum Gasteiger partial charge on any atom is 0.334 e. The Morgan fingerprint density at radius 3 is 2.75 bits per heavy atom. The molecule has 1 aromatic heterocycles. The molecule has 1 aliphatic rings. The Morgan fingerprint density at radius 1 is 1.38 bits per heavy atom. The van der Waals surface area contributed by atoms with Gasteiger partial charge in [-0.25, -0.2) is 9.78 Å². The van der Waals surface area contributed by atoms with Crippen LogP contribution in [0.1, 0.15) is 17.8 Å². The van der Waals surface area contributed by atoms with E-state index in [1.54, 1.807) is 11.3 Å². The van der Waals surface area contributed by atoms with E-state index in [1.807, 2.05) is 18.2 Å². The van der Waals surface area contributed by atoms with Crippen molar-refractivity contribution in [3.8, 4) is 11.3 Å². The van der Waals surface area contributed by atoms with Crippen molar-refractivity contribution in [1.29, 1.82) is 0 Å². The first-order valence-electron chi connectivity index (χ1n) is 8.15. The van der Waals surface area contributed by atoms with E-state index in [9.17, 15) is 9.90 Å². The third kappa shape index (κ3) is 4.01. The number of likely N-dealkylation sites (tertiary alicyclic amines) is 1. The van der Waals surface area contributed by atoms with Crippen LogP contribution in [0.25, 0.3) is 11.3 Å². The molecule has 5 nitrogen and oxygen atoms in total. The Balaban J connectivity index is 1.54. The van der Waals surface area contributed by atoms with Crippen LogP contribution in [0, 0.1) is 5.92 Å². The molecule has 1 N–H and O–H groups in total. The first kappa shape index (κ1) is 17.1. The predicted molar refractivity (Wildman–Crippen MR) is 93.6 cm³/mol. The maximum atomic E-state index is 11.4. The number of hydrogen-bond acceptors (Lipinski definition) is 6. The summed E-state index contributed by atoms with van der Waals surface area (Å²) in [5, 5.41) is 13.1. The van der Waals surface area contributed by atoms with E-state index in [2.05, 4.69) is 27.1 Å². The lowest BCUT2D eigenvalue weighted by Crippen LogP contribution is -2.40. The molecule has 128 valence electrons. The second-order valence-electron chi connectivity index (χ2n) is 6.07. The lowest BCUT2D eigenvalue weighted by molar-refractivity contribution is -0.154. The molecule has 1 saturated heterocycles. The highest BCUT2D eigenvalue weighted by Crippen LogP contribution is 2.25. The number of esters is 1. The Kier molecular flexibility index (Phi) is 5.60. The van der Waals surface area contributed by atoms with Crippen LogP contribution in [0.15, 0.2) is 35.7 Å². The second-order valence-corrected chi connectivity index (χ2v) is 7.02. The Bertz CT molecular complexity index is 666. The van der Waals surface area contributed by atoms with Crippen molar-refractivity contribution in [2.45, 2.75) is 25.5 Å². The topological polar surface area (TPSA) is 62.7 Å². The van der Waals surface area contributed by atoms with Gasteiger partial charge >= 0.3 is 5.97 Å². The molecule has 0 amide bonds. The number of nitrogens with zero attached hydrogens (tertiary/aromatic N) is 2. The molecule has 1 fully saturated rings. The summed E-state index contributed by atoms with van der Waals surface area (Å²) >= 11 is 1.68. The van der Waals surface area contributed by atoms with E-state index >= 15 is 0 Å². The third-order valence-corrected chi connectivity index (χ3v) is 5.34. The van der Waals surface area contributed by atoms with Crippen LogP contribution in [0.5, 0.6) is 0 Å². The van der Waals surface area contributed by atoms with Crippen LogP contribution in [0.2, 0.25) is 0 Å². The quantitative estimate of drug-likeness (QED) is 0.843. The van der Waals surface area contributed by atoms with Crippen molar-refractivity contribution in [1.82, 2.24) is 9.88 Å². The number of piperidine rings is 1. The van der Waals surface area contributed by atoms with Gasteiger partial charge in [0.15, 0.2) is 6.10 Å². The number of rotatable bonds is 5. The van der Waals surface area contributed by atoms with E-state index in [0.717, 1.165) is 48.7 Å². The average Bonchev–Trinajstić information content (AvgIpc) is 3.10. The normalized spacial score (nSPS) is 17.6. The van der Waals surface area contributed by atoms with Crippen LogP contribution in [0.4, 0.5) is 0 Å². The molecule has 2 heterocycles. The summed E-state index contributed by atoms with van der Waals surface area (Å²) in [4.78, 5) is 18.5. The molecule has 1 atom stereocenters. The zero-order valence-electron chi connectivity index (χ0n) is 13.7. The molecule has 1 aromatic carbocycles. The molecule has 0 bridgehead atoms. The largest absolute Gasteiger partial charge is 0.467 e. The highest BCUT2D eigenvalue weighted by molar-refractivity contribution is 7.09. The minimum absolute atomic E-state index is 0.00938. The average molecular weight is 346 g/mol. The standard InChI is InChI=1S/C18H22N2O3S/c1-23-18(22)17(21)14-7-9-20(10-8-14)11-16-19-15(12-24-16)13-5-3-2-4-6-13/h2-6,12,14,17,21H,7-11H2,1H3. The summed E-state index contributed by atoms with van der Waals surface area (Å²) < 4.78 is 4.62. The molecule has 1 aliphatic heterocycles. The summed E-state index contributed by atoms with van der Waals surface area (Å²) in [6.45, 7) is 2.54. The monoisotopic (exact) mass is 346 g/mol. The summed E-state index contributed by atoms with van der Waals surface area (Å²) in [6, 6.07) is 10.2. The molecule has 0 saturated carbocycles. The molecule has 1 unspecified atom stereocenters. The molecule has 0 spiro atoms. The SMILES string of the molecule is COC(=O)C(O)C1CCN(Cc2nc(-c3ccccc3)cs2)CC1. The second kappa shape index (κ2) is 7.88. The minimum Gasteiger partial charge on any atom is -0.467 e. The van der Waals surface area contributed by atoms with Crippen molar-refractivity contribution >= 4 is 17.3 Å². The van der Waals surface area contributed by atoms with Gasteiger partial charge in [-0.05, 0) is 31.8 Å². The highest BCUT2D eigenvalue weighted by Gasteiger charge is 2.30. The fraction of sp³-hybridized carbons (Fsp3) is 0.444. The van der Waals surface area contributed by atoms with Gasteiger partial charge in [-0.15, -0.1) is 11.3 Å². The number of aliphatic hydroxyl groups excluding tert-OH is 1. The Morgan fingerprint density at radius 2 is 2.08 bits per heavy atom. The van der Waals surface area contributed by atoms with Gasteiger partial charge in [0.05, 0.1) is 19.3 Å². The van der Waals surface area contributed by atoms with E-state index < -0.39 is 12.1 Å². The number of ether oxygens (including phenoxy) is 1. The van der Waals surface area contributed by atoms with Gasteiger partial charge in [0, 0.05) is 10.9 Å². The minimum atomic E-state index is -0.998. The molecule has 6 heteroatoms. The van der Waals surface area contributed by atoms with Crippen LogP contribution >= 0.6 is 11.3 Å². The molecular weight excluding hydrogens is 324 g/mol. The number of hydrogen-bond donors (Lipinski definition) is 1. The van der Waals surface area contributed by atoms with Gasteiger partial charge in [0.2, 0.25) is 0 Å². The van der Waals surface area contributed by atoms with Crippen molar-refractivity contribution in [3.05, 3.63) is 40.7 Å². The number of carbonyl (C=O) groups is 1. The van der Waals surface area contributed by atoms with Gasteiger partial charge in [-0.1, -0.05) is 30.3 Å². The van der Waals surface area contributed by atoms with E-state index in [0.29, 0.717) is 0 Å². The van der Waals surface area contributed by atoms with Crippen LogP contribution in [-0.2, 0) is 16.1 Å². The molecule has 0 aliphatic carbocycles. The fourth-order valence-corrected chi connectivity index (χ4v) is 3.90. The van der Waals surface area contributed by atoms with Crippen molar-refractivity contribution in [2.24, 2.45) is 5.92 Å². The van der Waals surface area contributed by atoms with Crippen LogP contribution in [0.3, 0.4) is 0 Å². The summed E-state index contributed by atoms with van der Waals surface area (Å²) in [5.41, 5.74) is 2.16. The summed E-state index contributed by atoms with van der Waals surface area (Å²) in [5.74, 6) is -0.536. The number of thiazole rings is 1. The Hall–Kier alpha value is -1.76. The maximum absolute atomic E-state index is 11.4. The smallest absolute Gasteiger partial charge is 0.334 e. The van der Waals surface area contributed by atoms with Crippen molar-refractivity contribution < 1.29 is 14.6 Å². The van der Waals surface area contributed by atoms with E-state index in [-0.39, 0.29) is 5.92 Å². The van der Waals surface area contributed by atoms with Crippen LogP contribution < -0.4 is 0 Å². The van der Waals surface area contributed by atoms with E-state index in [4.69, 9.17) is 4.98 Å². The summed E-state index contributed by atoms with van der Waals surface area (Å²) in [7, 11) is 1.31. The molecule has 2 aromatic rings. The number of aliphatic hydroxyl groups is 1. The number of methoxy groups -OCH3 is 1. The zero-order valence-corrected chi connectivity index (χ0v) is 14.5. The predicted octanol–water partition coefficient (Wildman–Crippen LogP) is 2.56. The van der Waals surface area contributed by atoms with Crippen LogP contribution in [-0.4, -0.2) is 47.3 Å². The lowest BCUT2D eigenvalue weighted by Gasteiger charge is -2.32. The van der Waals surface area contributed by atoms with Gasteiger partial charge in [0.1, 0.15) is 5.01 Å². The van der Waals surface area contributed by atoms with Gasteiger partial charge < -0.3 is 9.84 Å². The van der Waals surface area contributed by atoms with Gasteiger partial charge in [-0.3, -0.25) is 4.90 Å². The van der Waals surface area contributed by atoms with Gasteiger partial charge in [-0.2, -0.15) is 0 Å². The molecule has 0 radical (unpaired) electrons. The molecular formula is C18H22N2O3S. The third-order valence-electron chi connectivity index (χ3n) is 4.50. The zero-order chi connectivity index (χ0) is 16.9. The lowest BCUT2D eigenvalue weighted by atomic mass is 9.91. The molecule has 24 heavy (non-hydrogen) atoms. The van der Waals surface area contributed by atoms with E-state index in [1.165, 1.54) is 7.11 Å². The Labute approximate surface area is 145 Å². The fourth-order valence-electron chi connectivity index (χ4n) is 3.06. The number of benzene rings is 1. The molecule has 3 rings (SSSR count). The first-order valence-corrected chi connectivity index (χ1v) is 9.03. The van der Waals surface area contributed by atoms with Crippen molar-refractivity contribution in [3.63, 3.8) is 0 Å². The van der Waals surface area contributed by atoms with Crippen molar-refractivity contribution in [2.75, 3.05) is 20.2 Å². The van der Waals surface area contributed by atoms with Gasteiger partial charge in [0.25, 0.3) is 0 Å². The number of aromatic nitrogens is 1. The summed E-state index contributed by atoms with van der Waals surface area (Å²) in [6.07, 6.45) is 0.599. The highest BCUT2D eigenvalue weighted by atomic mass is 32.1.